The summed E-state index contributed by atoms with van der Waals surface area (Å²) in [5.74, 6) is -1.36. The number of hydrogen-bond acceptors (Lipinski definition) is 5. The highest BCUT2D eigenvalue weighted by atomic mass is 16.3. The van der Waals surface area contributed by atoms with E-state index >= 15 is 0 Å². The summed E-state index contributed by atoms with van der Waals surface area (Å²) in [6.45, 7) is 0. The van der Waals surface area contributed by atoms with Gasteiger partial charge in [0.15, 0.2) is 0 Å². The molecule has 7 heteroatoms. The summed E-state index contributed by atoms with van der Waals surface area (Å²) < 4.78 is 0. The Morgan fingerprint density at radius 3 is 2.20 bits per heavy atom. The number of hydrazone groups is 1. The fraction of sp³-hybridized carbons (Fsp3) is 0. The number of aromatic hydroxyl groups is 2. The van der Waals surface area contributed by atoms with E-state index in [2.05, 4.69) is 15.8 Å². The van der Waals surface area contributed by atoms with Crippen LogP contribution in [0.2, 0.25) is 0 Å². The minimum absolute atomic E-state index is 0.00197. The number of hydrogen-bond donors (Lipinski definition) is 4. The summed E-state index contributed by atoms with van der Waals surface area (Å²) in [6, 6.07) is 21.5. The van der Waals surface area contributed by atoms with Crippen LogP contribution in [-0.2, 0) is 4.79 Å². The number of phenolic OH excluding ortho intramolecular Hbond substituents is 2. The molecule has 7 nitrogen and oxygen atoms in total. The van der Waals surface area contributed by atoms with E-state index in [-0.39, 0.29) is 17.2 Å². The molecule has 0 aliphatic rings. The van der Waals surface area contributed by atoms with Gasteiger partial charge in [-0.3, -0.25) is 9.59 Å². The number of carbonyl (C=O) groups excluding carboxylic acids is 2. The van der Waals surface area contributed by atoms with Crippen molar-refractivity contribution in [2.45, 2.75) is 0 Å². The summed E-state index contributed by atoms with van der Waals surface area (Å²) in [5.41, 5.74) is 3.75. The summed E-state index contributed by atoms with van der Waals surface area (Å²) in [7, 11) is 0. The Balaban J connectivity index is 1.78. The van der Waals surface area contributed by atoms with Gasteiger partial charge in [-0.15, -0.1) is 0 Å². The number of nitrogens with one attached hydrogen (secondary N) is 2. The predicted molar refractivity (Wildman–Crippen MR) is 114 cm³/mol. The quantitative estimate of drug-likeness (QED) is 0.289. The number of nitrogens with zero attached hydrogens (tertiary/aromatic N) is 1. The van der Waals surface area contributed by atoms with Crippen molar-refractivity contribution in [1.29, 1.82) is 0 Å². The van der Waals surface area contributed by atoms with Crippen molar-refractivity contribution in [3.63, 3.8) is 0 Å². The van der Waals surface area contributed by atoms with Gasteiger partial charge in [0.2, 0.25) is 0 Å². The van der Waals surface area contributed by atoms with E-state index in [0.717, 1.165) is 11.6 Å². The highest BCUT2D eigenvalue weighted by Gasteiger charge is 2.14. The lowest BCUT2D eigenvalue weighted by Crippen LogP contribution is -2.32. The molecule has 30 heavy (non-hydrogen) atoms. The third kappa shape index (κ3) is 5.56. The van der Waals surface area contributed by atoms with Crippen LogP contribution >= 0.6 is 0 Å². The van der Waals surface area contributed by atoms with E-state index < -0.39 is 11.8 Å². The van der Waals surface area contributed by atoms with E-state index in [1.165, 1.54) is 24.4 Å². The first kappa shape index (κ1) is 20.3. The molecule has 0 saturated heterocycles. The second kappa shape index (κ2) is 9.70. The summed E-state index contributed by atoms with van der Waals surface area (Å²) in [4.78, 5) is 25.1. The molecule has 0 heterocycles. The molecule has 2 amide bonds. The highest BCUT2D eigenvalue weighted by Crippen LogP contribution is 2.20. The van der Waals surface area contributed by atoms with Crippen LogP contribution in [0.3, 0.4) is 0 Å². The van der Waals surface area contributed by atoms with E-state index in [9.17, 15) is 19.8 Å². The summed E-state index contributed by atoms with van der Waals surface area (Å²) in [5, 5.41) is 25.5. The molecular weight excluding hydrogens is 382 g/mol. The maximum Gasteiger partial charge on any atom is 0.287 e. The predicted octanol–water partition coefficient (Wildman–Crippen LogP) is 3.02. The zero-order valence-electron chi connectivity index (χ0n) is 15.8. The Hall–Kier alpha value is -4.39. The van der Waals surface area contributed by atoms with Gasteiger partial charge >= 0.3 is 0 Å². The average molecular weight is 401 g/mol. The molecular formula is C23H19N3O4. The van der Waals surface area contributed by atoms with Crippen LogP contribution in [0, 0.1) is 0 Å². The molecule has 3 aromatic rings. The van der Waals surface area contributed by atoms with Crippen molar-refractivity contribution >= 4 is 24.1 Å². The van der Waals surface area contributed by atoms with Crippen molar-refractivity contribution in [3.05, 3.63) is 101 Å². The van der Waals surface area contributed by atoms with Gasteiger partial charge in [0.1, 0.15) is 17.2 Å². The molecule has 3 aromatic carbocycles. The monoisotopic (exact) mass is 401 g/mol. The molecule has 0 radical (unpaired) electrons. The number of amides is 2. The van der Waals surface area contributed by atoms with E-state index in [0.29, 0.717) is 11.1 Å². The number of carbonyl (C=O) groups is 2. The minimum atomic E-state index is -0.641. The van der Waals surface area contributed by atoms with Crippen molar-refractivity contribution in [2.24, 2.45) is 5.10 Å². The molecule has 4 N–H and O–H groups in total. The second-order valence-electron chi connectivity index (χ2n) is 6.23. The Labute approximate surface area is 173 Å². The van der Waals surface area contributed by atoms with Gasteiger partial charge < -0.3 is 15.5 Å². The normalized spacial score (nSPS) is 11.3. The molecule has 0 aromatic heterocycles. The van der Waals surface area contributed by atoms with Crippen LogP contribution in [0.5, 0.6) is 11.5 Å². The van der Waals surface area contributed by atoms with Crippen molar-refractivity contribution in [2.75, 3.05) is 0 Å². The fourth-order valence-electron chi connectivity index (χ4n) is 2.52. The van der Waals surface area contributed by atoms with E-state index in [1.807, 2.05) is 18.2 Å². The zero-order chi connectivity index (χ0) is 21.3. The smallest absolute Gasteiger partial charge is 0.287 e. The lowest BCUT2D eigenvalue weighted by atomic mass is 10.1. The molecule has 0 unspecified atom stereocenters. The first-order valence-electron chi connectivity index (χ1n) is 9.01. The molecule has 3 rings (SSSR count). The van der Waals surface area contributed by atoms with Gasteiger partial charge in [0, 0.05) is 17.2 Å². The number of rotatable bonds is 6. The maximum atomic E-state index is 12.6. The van der Waals surface area contributed by atoms with Crippen molar-refractivity contribution in [1.82, 2.24) is 10.7 Å². The van der Waals surface area contributed by atoms with Gasteiger partial charge in [0.05, 0.1) is 6.21 Å². The van der Waals surface area contributed by atoms with Crippen LogP contribution in [0.1, 0.15) is 21.5 Å². The standard InChI is InChI=1S/C23H19N3O4/c27-19-12-11-18(21(28)14-19)15-24-26-23(30)20(13-16-7-3-1-4-8-16)25-22(29)17-9-5-2-6-10-17/h1-15,27-28H,(H,25,29)(H,26,30)/b20-13-,24-15?. The Morgan fingerprint density at radius 2 is 1.53 bits per heavy atom. The van der Waals surface area contributed by atoms with Gasteiger partial charge in [-0.2, -0.15) is 5.10 Å². The first-order valence-corrected chi connectivity index (χ1v) is 9.01. The Bertz CT molecular complexity index is 1090. The van der Waals surface area contributed by atoms with Crippen LogP contribution in [0.15, 0.2) is 89.7 Å². The molecule has 0 fully saturated rings. The molecule has 0 spiro atoms. The number of phenols is 2. The summed E-state index contributed by atoms with van der Waals surface area (Å²) in [6.07, 6.45) is 2.76. The van der Waals surface area contributed by atoms with E-state index in [4.69, 9.17) is 0 Å². The second-order valence-corrected chi connectivity index (χ2v) is 6.23. The van der Waals surface area contributed by atoms with Gasteiger partial charge in [-0.25, -0.2) is 5.43 Å². The van der Waals surface area contributed by atoms with Crippen molar-refractivity contribution in [3.8, 4) is 11.5 Å². The van der Waals surface area contributed by atoms with Crippen LogP contribution in [-0.4, -0.2) is 28.2 Å². The lowest BCUT2D eigenvalue weighted by molar-refractivity contribution is -0.117. The molecule has 0 saturated carbocycles. The fourth-order valence-corrected chi connectivity index (χ4v) is 2.52. The lowest BCUT2D eigenvalue weighted by Gasteiger charge is -2.09. The third-order valence-electron chi connectivity index (χ3n) is 4.02. The SMILES string of the molecule is O=C(NN=Cc1ccc(O)cc1O)/C(=C/c1ccccc1)NC(=O)c1ccccc1. The molecule has 0 bridgehead atoms. The molecule has 0 aliphatic carbocycles. The molecule has 150 valence electrons. The topological polar surface area (TPSA) is 111 Å². The van der Waals surface area contributed by atoms with Crippen LogP contribution in [0.4, 0.5) is 0 Å². The summed E-state index contributed by atoms with van der Waals surface area (Å²) >= 11 is 0. The first-order chi connectivity index (χ1) is 14.5. The Morgan fingerprint density at radius 1 is 0.867 bits per heavy atom. The average Bonchev–Trinajstić information content (AvgIpc) is 2.76. The van der Waals surface area contributed by atoms with Gasteiger partial charge in [-0.05, 0) is 35.9 Å². The minimum Gasteiger partial charge on any atom is -0.508 e. The molecule has 0 aliphatic heterocycles. The third-order valence-corrected chi connectivity index (χ3v) is 4.02. The van der Waals surface area contributed by atoms with Gasteiger partial charge in [0.25, 0.3) is 11.8 Å². The maximum absolute atomic E-state index is 12.6. The van der Waals surface area contributed by atoms with Gasteiger partial charge in [-0.1, -0.05) is 48.5 Å². The largest absolute Gasteiger partial charge is 0.508 e. The molecule has 0 atom stereocenters. The van der Waals surface area contributed by atoms with E-state index in [1.54, 1.807) is 42.5 Å². The zero-order valence-corrected chi connectivity index (χ0v) is 15.8. The van der Waals surface area contributed by atoms with Crippen LogP contribution < -0.4 is 10.7 Å². The Kier molecular flexibility index (Phi) is 6.58. The number of benzene rings is 3. The highest BCUT2D eigenvalue weighted by molar-refractivity contribution is 6.05. The van der Waals surface area contributed by atoms with Crippen LogP contribution in [0.25, 0.3) is 6.08 Å². The van der Waals surface area contributed by atoms with Crippen molar-refractivity contribution < 1.29 is 19.8 Å².